The lowest BCUT2D eigenvalue weighted by atomic mass is 10.1. The molecule has 0 aliphatic carbocycles. The molecule has 126 valence electrons. The van der Waals surface area contributed by atoms with Crippen LogP contribution in [0.4, 0.5) is 0 Å². The molecule has 0 spiro atoms. The fourth-order valence-electron chi connectivity index (χ4n) is 1.88. The van der Waals surface area contributed by atoms with Gasteiger partial charge in [0.1, 0.15) is 5.75 Å². The van der Waals surface area contributed by atoms with E-state index in [0.717, 1.165) is 21.9 Å². The number of hydrogen-bond acceptors (Lipinski definition) is 4. The van der Waals surface area contributed by atoms with Gasteiger partial charge in [-0.05, 0) is 67.9 Å². The SMILES string of the molecule is CCOc1ccc(C(C)=NNC(=O)CSc2ccc(Cl)cc2)cc1. The Labute approximate surface area is 151 Å². The lowest BCUT2D eigenvalue weighted by Gasteiger charge is -2.05. The molecule has 0 saturated heterocycles. The van der Waals surface area contributed by atoms with E-state index < -0.39 is 0 Å². The number of rotatable bonds is 7. The Bertz CT molecular complexity index is 700. The molecule has 24 heavy (non-hydrogen) atoms. The van der Waals surface area contributed by atoms with Crippen molar-refractivity contribution in [3.05, 3.63) is 59.1 Å². The van der Waals surface area contributed by atoms with Crippen molar-refractivity contribution >= 4 is 35.0 Å². The maximum atomic E-state index is 11.9. The molecule has 0 radical (unpaired) electrons. The number of carbonyl (C=O) groups is 1. The number of nitrogens with one attached hydrogen (secondary N) is 1. The Hall–Kier alpha value is -1.98. The number of ether oxygens (including phenoxy) is 1. The minimum absolute atomic E-state index is 0.153. The van der Waals surface area contributed by atoms with E-state index in [1.165, 1.54) is 11.8 Å². The van der Waals surface area contributed by atoms with Crippen molar-refractivity contribution in [1.29, 1.82) is 0 Å². The fourth-order valence-corrected chi connectivity index (χ4v) is 2.70. The van der Waals surface area contributed by atoms with Gasteiger partial charge in [0, 0.05) is 9.92 Å². The number of hydrazone groups is 1. The van der Waals surface area contributed by atoms with Gasteiger partial charge >= 0.3 is 0 Å². The molecule has 4 nitrogen and oxygen atoms in total. The summed E-state index contributed by atoms with van der Waals surface area (Å²) in [6.45, 7) is 4.42. The van der Waals surface area contributed by atoms with Gasteiger partial charge in [-0.2, -0.15) is 5.10 Å². The smallest absolute Gasteiger partial charge is 0.250 e. The monoisotopic (exact) mass is 362 g/mol. The van der Waals surface area contributed by atoms with Crippen LogP contribution in [0.3, 0.4) is 0 Å². The van der Waals surface area contributed by atoms with Crippen LogP contribution in [0.5, 0.6) is 5.75 Å². The molecule has 2 aromatic rings. The van der Waals surface area contributed by atoms with Crippen molar-refractivity contribution in [2.45, 2.75) is 18.7 Å². The second-order valence-electron chi connectivity index (χ2n) is 4.93. The number of benzene rings is 2. The van der Waals surface area contributed by atoms with E-state index in [1.807, 2.05) is 50.2 Å². The zero-order chi connectivity index (χ0) is 17.4. The van der Waals surface area contributed by atoms with Crippen LogP contribution < -0.4 is 10.2 Å². The second-order valence-corrected chi connectivity index (χ2v) is 6.42. The van der Waals surface area contributed by atoms with E-state index >= 15 is 0 Å². The highest BCUT2D eigenvalue weighted by atomic mass is 35.5. The maximum absolute atomic E-state index is 11.9. The maximum Gasteiger partial charge on any atom is 0.250 e. The molecule has 0 bridgehead atoms. The molecule has 0 aliphatic rings. The standard InChI is InChI=1S/C18H19ClN2O2S/c1-3-23-16-8-4-14(5-9-16)13(2)20-21-18(22)12-24-17-10-6-15(19)7-11-17/h4-11H,3,12H2,1-2H3,(H,21,22). The first-order valence-corrected chi connectivity index (χ1v) is 8.89. The lowest BCUT2D eigenvalue weighted by molar-refractivity contribution is -0.118. The highest BCUT2D eigenvalue weighted by Crippen LogP contribution is 2.20. The second kappa shape index (κ2) is 9.35. The highest BCUT2D eigenvalue weighted by Gasteiger charge is 2.03. The van der Waals surface area contributed by atoms with Crippen LogP contribution in [0.1, 0.15) is 19.4 Å². The largest absolute Gasteiger partial charge is 0.494 e. The van der Waals surface area contributed by atoms with E-state index in [2.05, 4.69) is 10.5 Å². The van der Waals surface area contributed by atoms with E-state index in [9.17, 15) is 4.79 Å². The minimum Gasteiger partial charge on any atom is -0.494 e. The fraction of sp³-hybridized carbons (Fsp3) is 0.222. The topological polar surface area (TPSA) is 50.7 Å². The average molecular weight is 363 g/mol. The number of hydrogen-bond donors (Lipinski definition) is 1. The van der Waals surface area contributed by atoms with Crippen molar-refractivity contribution in [2.75, 3.05) is 12.4 Å². The molecule has 0 aromatic heterocycles. The molecular formula is C18H19ClN2O2S. The van der Waals surface area contributed by atoms with Gasteiger partial charge in [0.05, 0.1) is 18.1 Å². The molecule has 0 heterocycles. The molecule has 0 atom stereocenters. The summed E-state index contributed by atoms with van der Waals surface area (Å²) in [5, 5.41) is 4.82. The Balaban J connectivity index is 1.84. The zero-order valence-electron chi connectivity index (χ0n) is 13.6. The van der Waals surface area contributed by atoms with Crippen LogP contribution >= 0.6 is 23.4 Å². The summed E-state index contributed by atoms with van der Waals surface area (Å²) in [5.41, 5.74) is 4.25. The van der Waals surface area contributed by atoms with Gasteiger partial charge in [0.2, 0.25) is 5.91 Å². The van der Waals surface area contributed by atoms with Crippen LogP contribution in [0.2, 0.25) is 5.02 Å². The van der Waals surface area contributed by atoms with Gasteiger partial charge in [-0.3, -0.25) is 4.79 Å². The van der Waals surface area contributed by atoms with Crippen LogP contribution in [-0.4, -0.2) is 24.0 Å². The third-order valence-electron chi connectivity index (χ3n) is 3.11. The van der Waals surface area contributed by atoms with Gasteiger partial charge in [0.15, 0.2) is 0 Å². The molecule has 0 saturated carbocycles. The lowest BCUT2D eigenvalue weighted by Crippen LogP contribution is -2.21. The highest BCUT2D eigenvalue weighted by molar-refractivity contribution is 8.00. The van der Waals surface area contributed by atoms with Gasteiger partial charge in [-0.25, -0.2) is 5.43 Å². The van der Waals surface area contributed by atoms with E-state index in [4.69, 9.17) is 16.3 Å². The molecule has 2 rings (SSSR count). The number of nitrogens with zero attached hydrogens (tertiary/aromatic N) is 1. The zero-order valence-corrected chi connectivity index (χ0v) is 15.2. The van der Waals surface area contributed by atoms with Crippen molar-refractivity contribution in [3.63, 3.8) is 0 Å². The van der Waals surface area contributed by atoms with Gasteiger partial charge in [0.25, 0.3) is 0 Å². The normalized spacial score (nSPS) is 11.2. The predicted octanol–water partition coefficient (Wildman–Crippen LogP) is 4.37. The average Bonchev–Trinajstić information content (AvgIpc) is 2.60. The van der Waals surface area contributed by atoms with Crippen LogP contribution in [0.25, 0.3) is 0 Å². The number of thioether (sulfide) groups is 1. The quantitative estimate of drug-likeness (QED) is 0.452. The summed E-state index contributed by atoms with van der Waals surface area (Å²) in [6.07, 6.45) is 0. The summed E-state index contributed by atoms with van der Waals surface area (Å²) < 4.78 is 5.40. The van der Waals surface area contributed by atoms with Crippen molar-refractivity contribution in [1.82, 2.24) is 5.43 Å². The first-order chi connectivity index (χ1) is 11.6. The summed E-state index contributed by atoms with van der Waals surface area (Å²) in [4.78, 5) is 12.9. The number of carbonyl (C=O) groups excluding carboxylic acids is 1. The van der Waals surface area contributed by atoms with Crippen molar-refractivity contribution in [2.24, 2.45) is 5.10 Å². The third kappa shape index (κ3) is 5.91. The first kappa shape index (κ1) is 18.4. The molecule has 1 amide bonds. The summed E-state index contributed by atoms with van der Waals surface area (Å²) in [7, 11) is 0. The van der Waals surface area contributed by atoms with E-state index in [-0.39, 0.29) is 5.91 Å². The Morgan fingerprint density at radius 2 is 1.83 bits per heavy atom. The van der Waals surface area contributed by atoms with Crippen molar-refractivity contribution < 1.29 is 9.53 Å². The molecule has 0 unspecified atom stereocenters. The van der Waals surface area contributed by atoms with Gasteiger partial charge in [-0.1, -0.05) is 11.6 Å². The molecule has 0 fully saturated rings. The first-order valence-electron chi connectivity index (χ1n) is 7.53. The number of amides is 1. The summed E-state index contributed by atoms with van der Waals surface area (Å²) in [5.74, 6) is 0.958. The Morgan fingerprint density at radius 1 is 1.17 bits per heavy atom. The van der Waals surface area contributed by atoms with Gasteiger partial charge < -0.3 is 4.74 Å². The minimum atomic E-state index is -0.153. The molecule has 1 N–H and O–H groups in total. The van der Waals surface area contributed by atoms with Gasteiger partial charge in [-0.15, -0.1) is 11.8 Å². The van der Waals surface area contributed by atoms with E-state index in [1.54, 1.807) is 12.1 Å². The molecular weight excluding hydrogens is 344 g/mol. The number of halogens is 1. The molecule has 6 heteroatoms. The van der Waals surface area contributed by atoms with Crippen LogP contribution in [0, 0.1) is 0 Å². The molecule has 0 aliphatic heterocycles. The Kier molecular flexibility index (Phi) is 7.15. The molecule has 2 aromatic carbocycles. The van der Waals surface area contributed by atoms with Crippen LogP contribution in [-0.2, 0) is 4.79 Å². The Morgan fingerprint density at radius 3 is 2.46 bits per heavy atom. The third-order valence-corrected chi connectivity index (χ3v) is 4.38. The van der Waals surface area contributed by atoms with E-state index in [0.29, 0.717) is 17.4 Å². The predicted molar refractivity (Wildman–Crippen MR) is 100 cm³/mol. The summed E-state index contributed by atoms with van der Waals surface area (Å²) >= 11 is 7.27. The van der Waals surface area contributed by atoms with Crippen molar-refractivity contribution in [3.8, 4) is 5.75 Å². The summed E-state index contributed by atoms with van der Waals surface area (Å²) in [6, 6.07) is 15.0. The van der Waals surface area contributed by atoms with Crippen LogP contribution in [0.15, 0.2) is 58.5 Å².